The van der Waals surface area contributed by atoms with Crippen molar-refractivity contribution in [1.82, 2.24) is 10.3 Å². The van der Waals surface area contributed by atoms with E-state index in [9.17, 15) is 9.59 Å². The average molecular weight is 340 g/mol. The summed E-state index contributed by atoms with van der Waals surface area (Å²) in [6.45, 7) is 3.75. The minimum absolute atomic E-state index is 0.168. The van der Waals surface area contributed by atoms with Gasteiger partial charge < -0.3 is 10.1 Å². The first kappa shape index (κ1) is 17.4. The van der Waals surface area contributed by atoms with Crippen LogP contribution >= 0.6 is 0 Å². The Morgan fingerprint density at radius 1 is 1.16 bits per heavy atom. The summed E-state index contributed by atoms with van der Waals surface area (Å²) in [7, 11) is 0. The molecule has 1 fully saturated rings. The number of nitrogens with zero attached hydrogens (tertiary/aromatic N) is 1. The number of carbonyl (C=O) groups is 2. The van der Waals surface area contributed by atoms with Crippen molar-refractivity contribution in [2.24, 2.45) is 5.92 Å². The van der Waals surface area contributed by atoms with E-state index >= 15 is 0 Å². The minimum atomic E-state index is -0.838. The number of esters is 1. The normalized spacial score (nSPS) is 21.5. The van der Waals surface area contributed by atoms with E-state index < -0.39 is 12.1 Å². The summed E-state index contributed by atoms with van der Waals surface area (Å²) in [5, 5.41) is 3.97. The van der Waals surface area contributed by atoms with Crippen molar-refractivity contribution in [2.45, 2.75) is 51.7 Å². The summed E-state index contributed by atoms with van der Waals surface area (Å²) in [4.78, 5) is 28.9. The first-order valence-electron chi connectivity index (χ1n) is 8.92. The van der Waals surface area contributed by atoms with Crippen LogP contribution in [-0.2, 0) is 9.53 Å². The number of hydrogen-bond donors (Lipinski definition) is 1. The Kier molecular flexibility index (Phi) is 5.31. The van der Waals surface area contributed by atoms with Crippen LogP contribution in [-0.4, -0.2) is 29.0 Å². The zero-order valence-electron chi connectivity index (χ0n) is 14.7. The lowest BCUT2D eigenvalue weighted by atomic mass is 9.86. The molecule has 1 aromatic heterocycles. The van der Waals surface area contributed by atoms with Crippen molar-refractivity contribution in [3.8, 4) is 0 Å². The first-order chi connectivity index (χ1) is 12.0. The number of benzene rings is 1. The van der Waals surface area contributed by atoms with Crippen LogP contribution < -0.4 is 5.32 Å². The van der Waals surface area contributed by atoms with Crippen molar-refractivity contribution < 1.29 is 14.3 Å². The van der Waals surface area contributed by atoms with Crippen LogP contribution in [0.1, 0.15) is 50.0 Å². The maximum atomic E-state index is 12.3. The van der Waals surface area contributed by atoms with E-state index in [4.69, 9.17) is 4.74 Å². The molecular formula is C20H24N2O3. The number of carbonyl (C=O) groups excluding carboxylic acids is 2. The number of pyridine rings is 1. The highest BCUT2D eigenvalue weighted by atomic mass is 16.5. The fraction of sp³-hybridized carbons (Fsp3) is 0.450. The van der Waals surface area contributed by atoms with E-state index in [0.29, 0.717) is 5.92 Å². The molecule has 25 heavy (non-hydrogen) atoms. The van der Waals surface area contributed by atoms with Gasteiger partial charge in [-0.05, 0) is 37.8 Å². The van der Waals surface area contributed by atoms with Gasteiger partial charge in [0, 0.05) is 11.4 Å². The van der Waals surface area contributed by atoms with E-state index in [2.05, 4.69) is 17.2 Å². The fourth-order valence-corrected chi connectivity index (χ4v) is 3.28. The van der Waals surface area contributed by atoms with Crippen molar-refractivity contribution >= 4 is 22.8 Å². The Bertz CT molecular complexity index is 774. The smallest absolute Gasteiger partial charge is 0.357 e. The molecule has 1 amide bonds. The van der Waals surface area contributed by atoms with Crippen LogP contribution in [0, 0.1) is 5.92 Å². The van der Waals surface area contributed by atoms with Crippen molar-refractivity contribution in [1.29, 1.82) is 0 Å². The van der Waals surface area contributed by atoms with E-state index in [1.165, 1.54) is 6.42 Å². The summed E-state index contributed by atoms with van der Waals surface area (Å²) in [6.07, 6.45) is 3.62. The number of rotatable bonds is 4. The topological polar surface area (TPSA) is 68.3 Å². The van der Waals surface area contributed by atoms with E-state index in [1.807, 2.05) is 30.3 Å². The van der Waals surface area contributed by atoms with E-state index in [-0.39, 0.29) is 17.6 Å². The zero-order valence-corrected chi connectivity index (χ0v) is 14.7. The number of para-hydroxylation sites is 1. The van der Waals surface area contributed by atoms with Crippen molar-refractivity contribution in [3.05, 3.63) is 42.1 Å². The van der Waals surface area contributed by atoms with Gasteiger partial charge in [-0.1, -0.05) is 44.0 Å². The molecule has 3 rings (SSSR count). The monoisotopic (exact) mass is 340 g/mol. The third-order valence-electron chi connectivity index (χ3n) is 4.90. The number of nitrogens with one attached hydrogen (secondary N) is 1. The van der Waals surface area contributed by atoms with Gasteiger partial charge in [0.05, 0.1) is 5.52 Å². The van der Waals surface area contributed by atoms with Crippen LogP contribution in [0.25, 0.3) is 10.9 Å². The molecular weight excluding hydrogens is 316 g/mol. The molecule has 0 aliphatic heterocycles. The SMILES string of the molecule is C[C@H](OC(=O)c1ccc2ccccc2n1)C(=O)N[C@H]1CCCC[C@H]1C. The Balaban J connectivity index is 1.61. The fourth-order valence-electron chi connectivity index (χ4n) is 3.28. The maximum Gasteiger partial charge on any atom is 0.357 e. The van der Waals surface area contributed by atoms with Gasteiger partial charge in [-0.2, -0.15) is 0 Å². The van der Waals surface area contributed by atoms with E-state index in [1.54, 1.807) is 13.0 Å². The maximum absolute atomic E-state index is 12.3. The van der Waals surface area contributed by atoms with Gasteiger partial charge >= 0.3 is 5.97 Å². The second-order valence-corrected chi connectivity index (χ2v) is 6.81. The van der Waals surface area contributed by atoms with Gasteiger partial charge in [0.25, 0.3) is 5.91 Å². The van der Waals surface area contributed by atoms with Crippen molar-refractivity contribution in [3.63, 3.8) is 0 Å². The van der Waals surface area contributed by atoms with Crippen molar-refractivity contribution in [2.75, 3.05) is 0 Å². The molecule has 5 nitrogen and oxygen atoms in total. The molecule has 3 atom stereocenters. The lowest BCUT2D eigenvalue weighted by Gasteiger charge is -2.30. The first-order valence-corrected chi connectivity index (χ1v) is 8.92. The van der Waals surface area contributed by atoms with E-state index in [0.717, 1.165) is 30.2 Å². The molecule has 5 heteroatoms. The highest BCUT2D eigenvalue weighted by Crippen LogP contribution is 2.23. The number of ether oxygens (including phenoxy) is 1. The molecule has 1 heterocycles. The average Bonchev–Trinajstić information content (AvgIpc) is 2.63. The Morgan fingerprint density at radius 2 is 1.92 bits per heavy atom. The molecule has 0 unspecified atom stereocenters. The third kappa shape index (κ3) is 4.16. The molecule has 0 bridgehead atoms. The molecule has 132 valence electrons. The molecule has 1 aromatic carbocycles. The Morgan fingerprint density at radius 3 is 2.72 bits per heavy atom. The number of amides is 1. The summed E-state index contributed by atoms with van der Waals surface area (Å²) in [5.74, 6) is -0.360. The van der Waals surface area contributed by atoms with Gasteiger partial charge in [0.15, 0.2) is 6.10 Å². The number of aromatic nitrogens is 1. The predicted molar refractivity (Wildman–Crippen MR) is 96.2 cm³/mol. The standard InChI is InChI=1S/C20H24N2O3/c1-13-7-3-5-9-16(13)22-19(23)14(2)25-20(24)18-12-11-15-8-4-6-10-17(15)21-18/h4,6,8,10-14,16H,3,5,7,9H2,1-2H3,(H,22,23)/t13-,14+,16+/m1/s1. The van der Waals surface area contributed by atoms with Gasteiger partial charge in [0.2, 0.25) is 0 Å². The highest BCUT2D eigenvalue weighted by Gasteiger charge is 2.26. The van der Waals surface area contributed by atoms with Crippen LogP contribution in [0.2, 0.25) is 0 Å². The summed E-state index contributed by atoms with van der Waals surface area (Å²) in [6, 6.07) is 11.2. The Hall–Kier alpha value is -2.43. The minimum Gasteiger partial charge on any atom is -0.448 e. The third-order valence-corrected chi connectivity index (χ3v) is 4.90. The molecule has 1 N–H and O–H groups in total. The largest absolute Gasteiger partial charge is 0.448 e. The molecule has 0 radical (unpaired) electrons. The second-order valence-electron chi connectivity index (χ2n) is 6.81. The predicted octanol–water partition coefficient (Wildman–Crippen LogP) is 3.48. The lowest BCUT2D eigenvalue weighted by Crippen LogP contribution is -2.46. The van der Waals surface area contributed by atoms with Gasteiger partial charge in [-0.3, -0.25) is 4.79 Å². The highest BCUT2D eigenvalue weighted by molar-refractivity contribution is 5.93. The van der Waals surface area contributed by atoms with Crippen LogP contribution in [0.15, 0.2) is 36.4 Å². The van der Waals surface area contributed by atoms with Gasteiger partial charge in [-0.25, -0.2) is 9.78 Å². The molecule has 1 aliphatic carbocycles. The quantitative estimate of drug-likeness (QED) is 0.865. The summed E-state index contributed by atoms with van der Waals surface area (Å²) in [5.41, 5.74) is 0.939. The number of fused-ring (bicyclic) bond motifs is 1. The van der Waals surface area contributed by atoms with Crippen LogP contribution in [0.3, 0.4) is 0 Å². The summed E-state index contributed by atoms with van der Waals surface area (Å²) < 4.78 is 5.31. The van der Waals surface area contributed by atoms with Gasteiger partial charge in [-0.15, -0.1) is 0 Å². The molecule has 0 saturated heterocycles. The zero-order chi connectivity index (χ0) is 17.8. The molecule has 1 saturated carbocycles. The molecule has 1 aliphatic rings. The lowest BCUT2D eigenvalue weighted by molar-refractivity contribution is -0.130. The van der Waals surface area contributed by atoms with Crippen LogP contribution in [0.5, 0.6) is 0 Å². The second kappa shape index (κ2) is 7.64. The number of hydrogen-bond acceptors (Lipinski definition) is 4. The molecule has 0 spiro atoms. The summed E-state index contributed by atoms with van der Waals surface area (Å²) >= 11 is 0. The molecule has 2 aromatic rings. The van der Waals surface area contributed by atoms with Crippen LogP contribution in [0.4, 0.5) is 0 Å². The Labute approximate surface area is 147 Å². The van der Waals surface area contributed by atoms with Gasteiger partial charge in [0.1, 0.15) is 5.69 Å².